The molecule has 0 fully saturated rings. The molecule has 1 N–H and O–H groups in total. The minimum Gasteiger partial charge on any atom is -0.349 e. The van der Waals surface area contributed by atoms with Crippen LogP contribution in [0.5, 0.6) is 0 Å². The van der Waals surface area contributed by atoms with Crippen LogP contribution < -0.4 is 5.32 Å². The van der Waals surface area contributed by atoms with Gasteiger partial charge in [-0.05, 0) is 42.3 Å². The zero-order valence-corrected chi connectivity index (χ0v) is 15.2. The van der Waals surface area contributed by atoms with Crippen LogP contribution in [-0.2, 0) is 16.4 Å². The zero-order chi connectivity index (χ0) is 18.6. The van der Waals surface area contributed by atoms with E-state index in [0.717, 1.165) is 17.3 Å². The van der Waals surface area contributed by atoms with Crippen molar-refractivity contribution in [2.45, 2.75) is 18.4 Å². The highest BCUT2D eigenvalue weighted by Gasteiger charge is 2.25. The Morgan fingerprint density at radius 1 is 1.15 bits per heavy atom. The molecular formula is C19H17FN2O3S. The van der Waals surface area contributed by atoms with Gasteiger partial charge in [0.1, 0.15) is 11.5 Å². The van der Waals surface area contributed by atoms with Gasteiger partial charge in [-0.3, -0.25) is 4.79 Å². The van der Waals surface area contributed by atoms with Crippen molar-refractivity contribution in [2.75, 3.05) is 12.8 Å². The third-order valence-corrected chi connectivity index (χ3v) is 5.93. The number of halogens is 1. The number of fused-ring (bicyclic) bond motifs is 3. The van der Waals surface area contributed by atoms with Crippen molar-refractivity contribution in [1.82, 2.24) is 9.88 Å². The molecule has 7 heteroatoms. The maximum Gasteiger partial charge on any atom is 0.268 e. The molecule has 0 radical (unpaired) electrons. The predicted octanol–water partition coefficient (Wildman–Crippen LogP) is 2.90. The number of carbonyl (C=O) groups excluding carboxylic acids is 1. The highest BCUT2D eigenvalue weighted by Crippen LogP contribution is 2.36. The Labute approximate surface area is 150 Å². The zero-order valence-electron chi connectivity index (χ0n) is 14.3. The Hall–Kier alpha value is -2.67. The van der Waals surface area contributed by atoms with Crippen LogP contribution in [0.3, 0.4) is 0 Å². The number of benzene rings is 2. The average Bonchev–Trinajstić information content (AvgIpc) is 2.87. The lowest BCUT2D eigenvalue weighted by Gasteiger charge is -2.18. The van der Waals surface area contributed by atoms with Crippen molar-refractivity contribution in [3.05, 3.63) is 53.5 Å². The molecule has 2 heterocycles. The summed E-state index contributed by atoms with van der Waals surface area (Å²) >= 11 is 0. The average molecular weight is 372 g/mol. The van der Waals surface area contributed by atoms with Gasteiger partial charge in [0.15, 0.2) is 9.84 Å². The third kappa shape index (κ3) is 2.50. The first-order valence-corrected chi connectivity index (χ1v) is 10.1. The Bertz CT molecular complexity index is 1160. The van der Waals surface area contributed by atoms with Crippen LogP contribution in [-0.4, -0.2) is 31.7 Å². The van der Waals surface area contributed by atoms with Gasteiger partial charge in [0, 0.05) is 30.3 Å². The number of amides is 1. The Morgan fingerprint density at radius 2 is 1.85 bits per heavy atom. The molecule has 4 rings (SSSR count). The van der Waals surface area contributed by atoms with Gasteiger partial charge < -0.3 is 9.88 Å². The third-order valence-electron chi connectivity index (χ3n) is 4.80. The van der Waals surface area contributed by atoms with Gasteiger partial charge in [-0.25, -0.2) is 12.8 Å². The van der Waals surface area contributed by atoms with E-state index >= 15 is 0 Å². The van der Waals surface area contributed by atoms with Crippen molar-refractivity contribution in [3.63, 3.8) is 0 Å². The first-order valence-electron chi connectivity index (χ1n) is 8.18. The molecule has 0 spiro atoms. The van der Waals surface area contributed by atoms with Crippen molar-refractivity contribution in [2.24, 2.45) is 0 Å². The quantitative estimate of drug-likeness (QED) is 0.752. The second-order valence-corrected chi connectivity index (χ2v) is 8.54. The molecule has 26 heavy (non-hydrogen) atoms. The Morgan fingerprint density at radius 3 is 2.50 bits per heavy atom. The van der Waals surface area contributed by atoms with E-state index in [0.29, 0.717) is 35.3 Å². The van der Waals surface area contributed by atoms with Gasteiger partial charge in [0.05, 0.1) is 10.4 Å². The maximum absolute atomic E-state index is 14.3. The summed E-state index contributed by atoms with van der Waals surface area (Å²) < 4.78 is 39.5. The molecule has 134 valence electrons. The molecule has 2 aromatic carbocycles. The van der Waals surface area contributed by atoms with E-state index in [9.17, 15) is 17.6 Å². The highest BCUT2D eigenvalue weighted by atomic mass is 32.2. The molecule has 0 saturated heterocycles. The molecule has 0 unspecified atom stereocenters. The van der Waals surface area contributed by atoms with Crippen LogP contribution in [0.1, 0.15) is 16.1 Å². The van der Waals surface area contributed by atoms with E-state index < -0.39 is 15.7 Å². The summed E-state index contributed by atoms with van der Waals surface area (Å²) in [5, 5.41) is 3.51. The SMILES string of the molecule is Cc1c2n(c3c(-c4ccc(S(C)(=O)=O)cc4)cc(F)cc13)CCNC2=O. The van der Waals surface area contributed by atoms with Gasteiger partial charge in [-0.1, -0.05) is 12.1 Å². The van der Waals surface area contributed by atoms with Crippen LogP contribution in [0.15, 0.2) is 41.3 Å². The second-order valence-electron chi connectivity index (χ2n) is 6.53. The molecule has 1 aromatic heterocycles. The van der Waals surface area contributed by atoms with E-state index in [1.54, 1.807) is 12.1 Å². The number of hydrogen-bond acceptors (Lipinski definition) is 3. The molecular weight excluding hydrogens is 355 g/mol. The fourth-order valence-corrected chi connectivity index (χ4v) is 4.23. The van der Waals surface area contributed by atoms with E-state index in [1.165, 1.54) is 24.3 Å². The van der Waals surface area contributed by atoms with Crippen LogP contribution in [0, 0.1) is 12.7 Å². The van der Waals surface area contributed by atoms with Crippen molar-refractivity contribution >= 4 is 26.6 Å². The number of hydrogen-bond donors (Lipinski definition) is 1. The molecule has 5 nitrogen and oxygen atoms in total. The molecule has 1 aliphatic heterocycles. The van der Waals surface area contributed by atoms with Crippen molar-refractivity contribution in [1.29, 1.82) is 0 Å². The fraction of sp³-hybridized carbons (Fsp3) is 0.211. The predicted molar refractivity (Wildman–Crippen MR) is 97.5 cm³/mol. The molecule has 3 aromatic rings. The van der Waals surface area contributed by atoms with E-state index in [-0.39, 0.29) is 10.8 Å². The minimum absolute atomic E-state index is 0.163. The van der Waals surface area contributed by atoms with Crippen LogP contribution >= 0.6 is 0 Å². The minimum atomic E-state index is -3.30. The summed E-state index contributed by atoms with van der Waals surface area (Å²) in [4.78, 5) is 12.5. The summed E-state index contributed by atoms with van der Waals surface area (Å²) in [6.07, 6.45) is 1.15. The summed E-state index contributed by atoms with van der Waals surface area (Å²) in [5.41, 5.74) is 3.43. The molecule has 0 bridgehead atoms. The van der Waals surface area contributed by atoms with Gasteiger partial charge >= 0.3 is 0 Å². The maximum atomic E-state index is 14.3. The first-order chi connectivity index (χ1) is 12.3. The number of aromatic nitrogens is 1. The molecule has 1 amide bonds. The smallest absolute Gasteiger partial charge is 0.268 e. The number of carbonyl (C=O) groups is 1. The number of aryl methyl sites for hydroxylation is 1. The van der Waals surface area contributed by atoms with E-state index in [1.807, 2.05) is 11.5 Å². The second kappa shape index (κ2) is 5.67. The largest absolute Gasteiger partial charge is 0.349 e. The normalized spacial score (nSPS) is 14.3. The lowest BCUT2D eigenvalue weighted by Crippen LogP contribution is -2.35. The standard InChI is InChI=1S/C19H17FN2O3S/c1-11-15-9-13(20)10-16(12-3-5-14(6-4-12)26(2,24)25)18(15)22-8-7-21-19(23)17(11)22/h3-6,9-10H,7-8H2,1-2H3,(H,21,23). The summed E-state index contributed by atoms with van der Waals surface area (Å²) in [7, 11) is -3.30. The van der Waals surface area contributed by atoms with Crippen molar-refractivity contribution < 1.29 is 17.6 Å². The molecule has 0 saturated carbocycles. The van der Waals surface area contributed by atoms with Gasteiger partial charge in [0.25, 0.3) is 5.91 Å². The lowest BCUT2D eigenvalue weighted by atomic mass is 10.0. The van der Waals surface area contributed by atoms with Crippen LogP contribution in [0.25, 0.3) is 22.0 Å². The fourth-order valence-electron chi connectivity index (χ4n) is 3.60. The number of nitrogens with zero attached hydrogens (tertiary/aromatic N) is 1. The van der Waals surface area contributed by atoms with E-state index in [4.69, 9.17) is 0 Å². The summed E-state index contributed by atoms with van der Waals surface area (Å²) in [5.74, 6) is -0.560. The van der Waals surface area contributed by atoms with Gasteiger partial charge in [-0.2, -0.15) is 0 Å². The molecule has 0 aliphatic carbocycles. The number of sulfone groups is 1. The Balaban J connectivity index is 2.01. The van der Waals surface area contributed by atoms with Crippen molar-refractivity contribution in [3.8, 4) is 11.1 Å². The van der Waals surface area contributed by atoms with Gasteiger partial charge in [0.2, 0.25) is 0 Å². The summed E-state index contributed by atoms with van der Waals surface area (Å²) in [6.45, 7) is 2.93. The molecule has 1 aliphatic rings. The number of rotatable bonds is 2. The van der Waals surface area contributed by atoms with Crippen LogP contribution in [0.2, 0.25) is 0 Å². The monoisotopic (exact) mass is 372 g/mol. The first kappa shape index (κ1) is 16.8. The number of nitrogens with one attached hydrogen (secondary N) is 1. The summed E-state index contributed by atoms with van der Waals surface area (Å²) in [6, 6.07) is 9.24. The van der Waals surface area contributed by atoms with E-state index in [2.05, 4.69) is 5.32 Å². The highest BCUT2D eigenvalue weighted by molar-refractivity contribution is 7.90. The van der Waals surface area contributed by atoms with Crippen LogP contribution in [0.4, 0.5) is 4.39 Å². The molecule has 0 atom stereocenters. The lowest BCUT2D eigenvalue weighted by molar-refractivity contribution is 0.0928. The Kier molecular flexibility index (Phi) is 3.66. The topological polar surface area (TPSA) is 68.2 Å². The van der Waals surface area contributed by atoms with Gasteiger partial charge in [-0.15, -0.1) is 0 Å².